The van der Waals surface area contributed by atoms with Gasteiger partial charge in [-0.3, -0.25) is 9.79 Å². The van der Waals surface area contributed by atoms with Gasteiger partial charge in [0.15, 0.2) is 6.29 Å². The number of carbonyl (C=O) groups is 1. The Bertz CT molecular complexity index is 849. The first kappa shape index (κ1) is 28.9. The third kappa shape index (κ3) is 10.2. The van der Waals surface area contributed by atoms with Crippen LogP contribution in [0.15, 0.2) is 65.2 Å². The van der Waals surface area contributed by atoms with Gasteiger partial charge in [0.1, 0.15) is 17.3 Å². The molecule has 7 heteroatoms. The van der Waals surface area contributed by atoms with E-state index in [0.29, 0.717) is 29.4 Å². The number of nitrogens with zero attached hydrogens (tertiary/aromatic N) is 1. The van der Waals surface area contributed by atoms with Gasteiger partial charge in [-0.15, -0.1) is 0 Å². The summed E-state index contributed by atoms with van der Waals surface area (Å²) in [6, 6.07) is 16.9. The van der Waals surface area contributed by atoms with Crippen LogP contribution in [0.3, 0.4) is 0 Å². The maximum atomic E-state index is 11.4. The van der Waals surface area contributed by atoms with Crippen molar-refractivity contribution in [1.82, 2.24) is 10.6 Å². The Morgan fingerprint density at radius 1 is 0.882 bits per heavy atom. The van der Waals surface area contributed by atoms with Crippen LogP contribution in [-0.4, -0.2) is 45.3 Å². The Hall–Kier alpha value is -3.16. The summed E-state index contributed by atoms with van der Waals surface area (Å²) < 4.78 is 5.75. The molecule has 2 aromatic rings. The summed E-state index contributed by atoms with van der Waals surface area (Å²) in [5.41, 5.74) is 12.2. The monoisotopic (exact) mass is 467 g/mol. The van der Waals surface area contributed by atoms with Gasteiger partial charge in [0, 0.05) is 13.1 Å². The van der Waals surface area contributed by atoms with Gasteiger partial charge >= 0.3 is 0 Å². The Balaban J connectivity index is 0.000000489. The van der Waals surface area contributed by atoms with E-state index in [1.807, 2.05) is 68.4 Å². The molecule has 4 rings (SSSR count). The minimum atomic E-state index is 0.395. The Labute approximate surface area is 204 Å². The smallest absolute Gasteiger partial charge is 0.155 e. The van der Waals surface area contributed by atoms with Crippen LogP contribution >= 0.6 is 0 Å². The van der Waals surface area contributed by atoms with Gasteiger partial charge in [-0.25, -0.2) is 0 Å². The lowest BCUT2D eigenvalue weighted by molar-refractivity contribution is -0.104. The highest BCUT2D eigenvalue weighted by Crippen LogP contribution is 2.23. The first-order valence-electron chi connectivity index (χ1n) is 12.1. The molecule has 7 nitrogen and oxygen atoms in total. The fourth-order valence-electron chi connectivity index (χ4n) is 3.24. The second-order valence-electron chi connectivity index (χ2n) is 7.21. The number of nitrogens with two attached hydrogens (primary N) is 2. The lowest BCUT2D eigenvalue weighted by Crippen LogP contribution is -2.32. The zero-order valence-electron chi connectivity index (χ0n) is 20.8. The zero-order valence-corrected chi connectivity index (χ0v) is 20.8. The first-order valence-corrected chi connectivity index (χ1v) is 12.1. The molecular formula is C27H41N5O2. The zero-order chi connectivity index (χ0) is 25.0. The molecule has 0 unspecified atom stereocenters. The molecule has 1 fully saturated rings. The Kier molecular flexibility index (Phi) is 15.5. The van der Waals surface area contributed by atoms with Crippen molar-refractivity contribution >= 4 is 17.8 Å². The lowest BCUT2D eigenvalue weighted by Gasteiger charge is -2.16. The standard InChI is InChI=1S/C19H19N3O2.C5H11N.C2H6.CH5N/c20-18(17(13-23)19-21-11-4-12-22-19)14-7-9-16(10-8-14)24-15-5-2-1-3-6-15;1-2-4-6-5-3-1;2*1-2/h1-3,5-10,13H,4,11-12,20H2,(H,21,22);6H,1-5H2;1-2H3;2H2,1H3/b18-17-;;;. The van der Waals surface area contributed by atoms with Gasteiger partial charge in [-0.05, 0) is 81.4 Å². The highest BCUT2D eigenvalue weighted by molar-refractivity contribution is 6.19. The van der Waals surface area contributed by atoms with Crippen LogP contribution in [0.5, 0.6) is 11.5 Å². The summed E-state index contributed by atoms with van der Waals surface area (Å²) in [7, 11) is 1.50. The SMILES string of the molecule is C1CCNCC1.CC.CN.N/C(=C(/C=O)C1=NCCCN1)c1ccc(Oc2ccccc2)cc1. The highest BCUT2D eigenvalue weighted by Gasteiger charge is 2.14. The van der Waals surface area contributed by atoms with Crippen molar-refractivity contribution in [3.05, 3.63) is 65.7 Å². The second kappa shape index (κ2) is 18.3. The number of carbonyl (C=O) groups excluding carboxylic acids is 1. The number of nitrogens with one attached hydrogen (secondary N) is 2. The summed E-state index contributed by atoms with van der Waals surface area (Å²) in [5.74, 6) is 2.04. The highest BCUT2D eigenvalue weighted by atomic mass is 16.5. The van der Waals surface area contributed by atoms with E-state index in [1.165, 1.54) is 39.4 Å². The van der Waals surface area contributed by atoms with Crippen molar-refractivity contribution in [2.24, 2.45) is 16.5 Å². The molecule has 1 saturated heterocycles. The molecule has 0 bridgehead atoms. The van der Waals surface area contributed by atoms with Crippen LogP contribution in [0.4, 0.5) is 0 Å². The second-order valence-corrected chi connectivity index (χ2v) is 7.21. The number of benzene rings is 2. The van der Waals surface area contributed by atoms with Gasteiger partial charge in [-0.2, -0.15) is 0 Å². The number of ether oxygens (including phenoxy) is 1. The molecule has 0 radical (unpaired) electrons. The van der Waals surface area contributed by atoms with E-state index in [4.69, 9.17) is 10.5 Å². The largest absolute Gasteiger partial charge is 0.457 e. The predicted octanol–water partition coefficient (Wildman–Crippen LogP) is 4.10. The summed E-state index contributed by atoms with van der Waals surface area (Å²) in [4.78, 5) is 15.8. The average Bonchev–Trinajstić information content (AvgIpc) is 2.94. The molecular weight excluding hydrogens is 426 g/mol. The van der Waals surface area contributed by atoms with Crippen LogP contribution in [0, 0.1) is 0 Å². The van der Waals surface area contributed by atoms with Crippen molar-refractivity contribution in [2.45, 2.75) is 39.5 Å². The molecule has 0 atom stereocenters. The molecule has 2 aliphatic heterocycles. The van der Waals surface area contributed by atoms with Crippen molar-refractivity contribution in [1.29, 1.82) is 0 Å². The van der Waals surface area contributed by atoms with E-state index >= 15 is 0 Å². The third-order valence-electron chi connectivity index (χ3n) is 4.91. The predicted molar refractivity (Wildman–Crippen MR) is 143 cm³/mol. The molecule has 0 amide bonds. The van der Waals surface area contributed by atoms with Crippen molar-refractivity contribution in [2.75, 3.05) is 33.2 Å². The van der Waals surface area contributed by atoms with E-state index in [2.05, 4.69) is 21.4 Å². The van der Waals surface area contributed by atoms with Crippen LogP contribution in [0.25, 0.3) is 5.70 Å². The van der Waals surface area contributed by atoms with Crippen LogP contribution in [0.1, 0.15) is 45.1 Å². The first-order chi connectivity index (χ1) is 16.8. The number of aliphatic imine (C=N–C) groups is 1. The van der Waals surface area contributed by atoms with Crippen LogP contribution in [-0.2, 0) is 4.79 Å². The average molecular weight is 468 g/mol. The number of hydrogen-bond acceptors (Lipinski definition) is 7. The van der Waals surface area contributed by atoms with Gasteiger partial charge in [0.2, 0.25) is 0 Å². The molecule has 0 aromatic heterocycles. The molecule has 0 saturated carbocycles. The molecule has 2 aliphatic rings. The van der Waals surface area contributed by atoms with Crippen LogP contribution < -0.4 is 26.8 Å². The summed E-state index contributed by atoms with van der Waals surface area (Å²) in [5, 5.41) is 6.41. The number of amidine groups is 1. The summed E-state index contributed by atoms with van der Waals surface area (Å²) in [6.07, 6.45) is 5.93. The summed E-state index contributed by atoms with van der Waals surface area (Å²) >= 11 is 0. The normalized spacial score (nSPS) is 15.1. The number of hydrogen-bond donors (Lipinski definition) is 4. The van der Waals surface area contributed by atoms with E-state index in [-0.39, 0.29) is 0 Å². The molecule has 6 N–H and O–H groups in total. The minimum absolute atomic E-state index is 0.395. The Morgan fingerprint density at radius 3 is 1.97 bits per heavy atom. The maximum absolute atomic E-state index is 11.4. The van der Waals surface area contributed by atoms with Gasteiger partial charge in [-0.1, -0.05) is 38.5 Å². The number of para-hydroxylation sites is 1. The maximum Gasteiger partial charge on any atom is 0.155 e. The Morgan fingerprint density at radius 2 is 1.50 bits per heavy atom. The van der Waals surface area contributed by atoms with Crippen molar-refractivity contribution < 1.29 is 9.53 Å². The molecule has 0 spiro atoms. The third-order valence-corrected chi connectivity index (χ3v) is 4.91. The number of aldehydes is 1. The molecule has 2 heterocycles. The van der Waals surface area contributed by atoms with Gasteiger partial charge in [0.05, 0.1) is 11.3 Å². The molecule has 2 aromatic carbocycles. The molecule has 186 valence electrons. The fourth-order valence-corrected chi connectivity index (χ4v) is 3.24. The molecule has 0 aliphatic carbocycles. The van der Waals surface area contributed by atoms with Gasteiger partial charge < -0.3 is 26.8 Å². The van der Waals surface area contributed by atoms with E-state index in [0.717, 1.165) is 30.6 Å². The van der Waals surface area contributed by atoms with Crippen molar-refractivity contribution in [3.63, 3.8) is 0 Å². The summed E-state index contributed by atoms with van der Waals surface area (Å²) in [6.45, 7) is 8.00. The quantitative estimate of drug-likeness (QED) is 0.389. The van der Waals surface area contributed by atoms with Crippen molar-refractivity contribution in [3.8, 4) is 11.5 Å². The van der Waals surface area contributed by atoms with E-state index in [9.17, 15) is 4.79 Å². The number of rotatable bonds is 5. The lowest BCUT2D eigenvalue weighted by atomic mass is 10.1. The van der Waals surface area contributed by atoms with E-state index in [1.54, 1.807) is 0 Å². The molecule has 34 heavy (non-hydrogen) atoms. The topological polar surface area (TPSA) is 115 Å². The van der Waals surface area contributed by atoms with E-state index < -0.39 is 0 Å². The fraction of sp³-hybridized carbons (Fsp3) is 0.407. The van der Waals surface area contributed by atoms with Crippen LogP contribution in [0.2, 0.25) is 0 Å². The van der Waals surface area contributed by atoms with Gasteiger partial charge in [0.25, 0.3) is 0 Å². The number of piperidine rings is 1. The minimum Gasteiger partial charge on any atom is -0.457 e.